The van der Waals surface area contributed by atoms with E-state index in [0.717, 1.165) is 17.8 Å². The van der Waals surface area contributed by atoms with Gasteiger partial charge in [0.1, 0.15) is 0 Å². The van der Waals surface area contributed by atoms with E-state index in [2.05, 4.69) is 13.0 Å². The van der Waals surface area contributed by atoms with Gasteiger partial charge in [-0.05, 0) is 25.0 Å². The Morgan fingerprint density at radius 1 is 1.56 bits per heavy atom. The second-order valence-electron chi connectivity index (χ2n) is 4.22. The Bertz CT molecular complexity index is 414. The number of aryl methyl sites for hydroxylation is 1. The monoisotopic (exact) mass is 219 g/mol. The summed E-state index contributed by atoms with van der Waals surface area (Å²) in [6.45, 7) is 7.14. The van der Waals surface area contributed by atoms with Gasteiger partial charge in [0.05, 0.1) is 12.3 Å². The van der Waals surface area contributed by atoms with Crippen LogP contribution < -0.4 is 4.90 Å². The summed E-state index contributed by atoms with van der Waals surface area (Å²) in [5.74, 6) is 0.388. The van der Waals surface area contributed by atoms with Gasteiger partial charge in [0.15, 0.2) is 0 Å². The first-order chi connectivity index (χ1) is 7.65. The van der Waals surface area contributed by atoms with Crippen molar-refractivity contribution in [2.45, 2.75) is 26.7 Å². The molecule has 1 unspecified atom stereocenters. The molecule has 1 atom stereocenters. The first kappa shape index (κ1) is 11.0. The summed E-state index contributed by atoms with van der Waals surface area (Å²) in [4.78, 5) is 13.6. The van der Waals surface area contributed by atoms with Crippen molar-refractivity contribution in [1.82, 2.24) is 0 Å². The number of carbonyl (C=O) groups is 1. The van der Waals surface area contributed by atoms with Crippen molar-refractivity contribution in [3.8, 4) is 0 Å². The lowest BCUT2D eigenvalue weighted by atomic mass is 10.0. The van der Waals surface area contributed by atoms with Gasteiger partial charge < -0.3 is 4.74 Å². The third kappa shape index (κ3) is 1.66. The van der Waals surface area contributed by atoms with Crippen LogP contribution in [0.2, 0.25) is 0 Å². The molecule has 1 heterocycles. The highest BCUT2D eigenvalue weighted by Crippen LogP contribution is 2.38. The zero-order valence-corrected chi connectivity index (χ0v) is 9.99. The second-order valence-corrected chi connectivity index (χ2v) is 4.22. The zero-order valence-electron chi connectivity index (χ0n) is 9.99. The fraction of sp³-hybridized carbons (Fsp3) is 0.462. The van der Waals surface area contributed by atoms with Crippen LogP contribution in [0.4, 0.5) is 10.5 Å². The van der Waals surface area contributed by atoms with E-state index in [1.165, 1.54) is 5.56 Å². The summed E-state index contributed by atoms with van der Waals surface area (Å²) in [6.07, 6.45) is -0.234. The van der Waals surface area contributed by atoms with E-state index in [0.29, 0.717) is 12.5 Å². The third-order valence-electron chi connectivity index (χ3n) is 3.01. The van der Waals surface area contributed by atoms with Gasteiger partial charge in [0, 0.05) is 12.5 Å². The van der Waals surface area contributed by atoms with E-state index in [1.54, 1.807) is 4.90 Å². The topological polar surface area (TPSA) is 29.5 Å². The first-order valence-corrected chi connectivity index (χ1v) is 5.69. The molecule has 0 radical (unpaired) electrons. The summed E-state index contributed by atoms with van der Waals surface area (Å²) in [7, 11) is 0. The summed E-state index contributed by atoms with van der Waals surface area (Å²) in [5, 5.41) is 0. The molecule has 0 fully saturated rings. The van der Waals surface area contributed by atoms with Crippen LogP contribution in [-0.4, -0.2) is 19.2 Å². The van der Waals surface area contributed by atoms with Crippen molar-refractivity contribution in [1.29, 1.82) is 0 Å². The second kappa shape index (κ2) is 4.16. The van der Waals surface area contributed by atoms with Crippen molar-refractivity contribution in [2.75, 3.05) is 18.1 Å². The minimum absolute atomic E-state index is 0.234. The lowest BCUT2D eigenvalue weighted by Crippen LogP contribution is -2.30. The molecule has 0 aliphatic carbocycles. The van der Waals surface area contributed by atoms with Crippen LogP contribution in [0.25, 0.3) is 0 Å². The molecule has 0 saturated heterocycles. The van der Waals surface area contributed by atoms with Gasteiger partial charge >= 0.3 is 6.09 Å². The molecule has 16 heavy (non-hydrogen) atoms. The maximum atomic E-state index is 11.8. The van der Waals surface area contributed by atoms with Crippen molar-refractivity contribution < 1.29 is 9.53 Å². The molecule has 1 aliphatic heterocycles. The number of para-hydroxylation sites is 1. The summed E-state index contributed by atoms with van der Waals surface area (Å²) >= 11 is 0. The molecule has 1 aromatic carbocycles. The van der Waals surface area contributed by atoms with Crippen LogP contribution in [0, 0.1) is 6.92 Å². The van der Waals surface area contributed by atoms with Gasteiger partial charge in [-0.3, -0.25) is 4.90 Å². The Morgan fingerprint density at radius 2 is 2.31 bits per heavy atom. The molecule has 1 aromatic rings. The summed E-state index contributed by atoms with van der Waals surface area (Å²) in [5.41, 5.74) is 3.41. The normalized spacial score (nSPS) is 18.4. The average Bonchev–Trinajstić information content (AvgIpc) is 2.58. The third-order valence-corrected chi connectivity index (χ3v) is 3.01. The molecule has 1 aliphatic rings. The van der Waals surface area contributed by atoms with Gasteiger partial charge in [0.25, 0.3) is 0 Å². The van der Waals surface area contributed by atoms with Crippen LogP contribution in [0.15, 0.2) is 18.2 Å². The number of nitrogens with zero attached hydrogens (tertiary/aromatic N) is 1. The number of hydrogen-bond donors (Lipinski definition) is 0. The Hall–Kier alpha value is -1.51. The van der Waals surface area contributed by atoms with Crippen molar-refractivity contribution >= 4 is 11.8 Å². The SMILES string of the molecule is CCOC(=O)N1CC(C)c2cccc(C)c21. The fourth-order valence-corrected chi connectivity index (χ4v) is 2.28. The molecule has 3 heteroatoms. The maximum Gasteiger partial charge on any atom is 0.414 e. The number of carbonyl (C=O) groups excluding carboxylic acids is 1. The quantitative estimate of drug-likeness (QED) is 0.726. The predicted octanol–water partition coefficient (Wildman–Crippen LogP) is 3.08. The van der Waals surface area contributed by atoms with Crippen LogP contribution in [-0.2, 0) is 4.74 Å². The van der Waals surface area contributed by atoms with Crippen molar-refractivity contribution in [2.24, 2.45) is 0 Å². The number of anilines is 1. The van der Waals surface area contributed by atoms with E-state index < -0.39 is 0 Å². The van der Waals surface area contributed by atoms with Crippen molar-refractivity contribution in [3.63, 3.8) is 0 Å². The minimum Gasteiger partial charge on any atom is -0.449 e. The molecule has 0 bridgehead atoms. The van der Waals surface area contributed by atoms with E-state index in [1.807, 2.05) is 26.0 Å². The molecule has 2 rings (SSSR count). The predicted molar refractivity (Wildman–Crippen MR) is 64.0 cm³/mol. The van der Waals surface area contributed by atoms with E-state index in [-0.39, 0.29) is 6.09 Å². The van der Waals surface area contributed by atoms with Crippen LogP contribution in [0.3, 0.4) is 0 Å². The van der Waals surface area contributed by atoms with Gasteiger partial charge in [0.2, 0.25) is 0 Å². The Morgan fingerprint density at radius 3 is 3.00 bits per heavy atom. The lowest BCUT2D eigenvalue weighted by molar-refractivity contribution is 0.160. The van der Waals surface area contributed by atoms with E-state index in [9.17, 15) is 4.79 Å². The van der Waals surface area contributed by atoms with Crippen LogP contribution in [0.1, 0.15) is 30.9 Å². The van der Waals surface area contributed by atoms with Crippen LogP contribution in [0.5, 0.6) is 0 Å². The Balaban J connectivity index is 2.38. The van der Waals surface area contributed by atoms with Gasteiger partial charge in [-0.25, -0.2) is 4.79 Å². The highest BCUT2D eigenvalue weighted by molar-refractivity contribution is 5.92. The number of rotatable bonds is 1. The Kier molecular flexibility index (Phi) is 2.86. The first-order valence-electron chi connectivity index (χ1n) is 5.69. The van der Waals surface area contributed by atoms with Crippen molar-refractivity contribution in [3.05, 3.63) is 29.3 Å². The molecule has 0 spiro atoms. The number of ether oxygens (including phenoxy) is 1. The lowest BCUT2D eigenvalue weighted by Gasteiger charge is -2.18. The fourth-order valence-electron chi connectivity index (χ4n) is 2.28. The van der Waals surface area contributed by atoms with Gasteiger partial charge in [-0.15, -0.1) is 0 Å². The standard InChI is InChI=1S/C13H17NO2/c1-4-16-13(15)14-8-10(3)11-7-5-6-9(2)12(11)14/h5-7,10H,4,8H2,1-3H3. The summed E-state index contributed by atoms with van der Waals surface area (Å²) < 4.78 is 5.07. The molecule has 3 nitrogen and oxygen atoms in total. The zero-order chi connectivity index (χ0) is 11.7. The Labute approximate surface area is 96.0 Å². The number of fused-ring (bicyclic) bond motifs is 1. The molecule has 1 amide bonds. The molecule has 0 aromatic heterocycles. The van der Waals surface area contributed by atoms with E-state index >= 15 is 0 Å². The number of amides is 1. The smallest absolute Gasteiger partial charge is 0.414 e. The van der Waals surface area contributed by atoms with Gasteiger partial charge in [-0.1, -0.05) is 25.1 Å². The average molecular weight is 219 g/mol. The van der Waals surface area contributed by atoms with Gasteiger partial charge in [-0.2, -0.15) is 0 Å². The maximum absolute atomic E-state index is 11.8. The summed E-state index contributed by atoms with van der Waals surface area (Å²) in [6, 6.07) is 6.16. The van der Waals surface area contributed by atoms with E-state index in [4.69, 9.17) is 4.74 Å². The highest BCUT2D eigenvalue weighted by Gasteiger charge is 2.31. The number of hydrogen-bond acceptors (Lipinski definition) is 2. The van der Waals surface area contributed by atoms with Crippen LogP contribution >= 0.6 is 0 Å². The molecule has 86 valence electrons. The highest BCUT2D eigenvalue weighted by atomic mass is 16.6. The molecular weight excluding hydrogens is 202 g/mol. The largest absolute Gasteiger partial charge is 0.449 e. The molecule has 0 saturated carbocycles. The molecular formula is C13H17NO2. The molecule has 0 N–H and O–H groups in total. The minimum atomic E-state index is -0.234. The number of benzene rings is 1.